The number of carbonyl (C=O) groups is 1. The first-order chi connectivity index (χ1) is 15.3. The van der Waals surface area contributed by atoms with E-state index in [9.17, 15) is 19.7 Å². The summed E-state index contributed by atoms with van der Waals surface area (Å²) in [5.41, 5.74) is 2.89. The van der Waals surface area contributed by atoms with Gasteiger partial charge in [-0.05, 0) is 67.6 Å². The molecule has 1 aromatic heterocycles. The molecule has 0 spiro atoms. The lowest BCUT2D eigenvalue weighted by Gasteiger charge is -2.27. The Kier molecular flexibility index (Phi) is 4.82. The van der Waals surface area contributed by atoms with Crippen LogP contribution in [0.15, 0.2) is 45.6 Å². The van der Waals surface area contributed by atoms with E-state index >= 15 is 0 Å². The smallest absolute Gasteiger partial charge is 0.291 e. The van der Waals surface area contributed by atoms with Crippen molar-refractivity contribution in [1.29, 1.82) is 0 Å². The molecule has 1 saturated heterocycles. The number of amides is 1. The number of ether oxygens (including phenoxy) is 1. The minimum Gasteiger partial charge on any atom is -0.450 e. The molecule has 32 heavy (non-hydrogen) atoms. The molecular weight excluding hydrogens is 412 g/mol. The van der Waals surface area contributed by atoms with Crippen LogP contribution >= 0.6 is 0 Å². The Morgan fingerprint density at radius 1 is 1.12 bits per heavy atom. The summed E-state index contributed by atoms with van der Waals surface area (Å²) < 4.78 is 11.7. The second-order valence-electron chi connectivity index (χ2n) is 8.45. The monoisotopic (exact) mass is 434 g/mol. The van der Waals surface area contributed by atoms with Crippen LogP contribution in [0.1, 0.15) is 51.7 Å². The fraction of sp³-hybridized carbons (Fsp3) is 0.333. The minimum atomic E-state index is -0.690. The molecule has 1 amide bonds. The number of aryl methyl sites for hydroxylation is 2. The molecule has 2 aliphatic heterocycles. The lowest BCUT2D eigenvalue weighted by Crippen LogP contribution is -2.36. The molecule has 3 heterocycles. The van der Waals surface area contributed by atoms with E-state index in [1.165, 1.54) is 12.1 Å². The van der Waals surface area contributed by atoms with Gasteiger partial charge in [-0.25, -0.2) is 0 Å². The van der Waals surface area contributed by atoms with Crippen LogP contribution in [0.5, 0.6) is 0 Å². The van der Waals surface area contributed by atoms with Gasteiger partial charge in [-0.1, -0.05) is 0 Å². The van der Waals surface area contributed by atoms with Crippen LogP contribution in [-0.4, -0.2) is 35.0 Å². The average Bonchev–Trinajstić information content (AvgIpc) is 3.38. The van der Waals surface area contributed by atoms with Crippen LogP contribution in [0.2, 0.25) is 0 Å². The summed E-state index contributed by atoms with van der Waals surface area (Å²) in [6, 6.07) is 8.84. The van der Waals surface area contributed by atoms with Gasteiger partial charge in [-0.3, -0.25) is 19.7 Å². The molecule has 5 rings (SSSR count). The van der Waals surface area contributed by atoms with Crippen molar-refractivity contribution < 1.29 is 18.9 Å². The van der Waals surface area contributed by atoms with Crippen molar-refractivity contribution in [3.63, 3.8) is 0 Å². The predicted molar refractivity (Wildman–Crippen MR) is 117 cm³/mol. The summed E-state index contributed by atoms with van der Waals surface area (Å²) in [4.78, 5) is 39.2. The van der Waals surface area contributed by atoms with Crippen molar-refractivity contribution in [1.82, 2.24) is 4.90 Å². The van der Waals surface area contributed by atoms with Crippen LogP contribution in [0.3, 0.4) is 0 Å². The van der Waals surface area contributed by atoms with E-state index in [1.807, 2.05) is 13.8 Å². The number of hydrogen-bond donors (Lipinski definition) is 0. The van der Waals surface area contributed by atoms with Gasteiger partial charge < -0.3 is 14.1 Å². The van der Waals surface area contributed by atoms with Gasteiger partial charge in [0, 0.05) is 25.3 Å². The maximum Gasteiger partial charge on any atom is 0.291 e. The number of nitro groups is 1. The highest BCUT2D eigenvalue weighted by Crippen LogP contribution is 2.39. The van der Waals surface area contributed by atoms with E-state index in [4.69, 9.17) is 9.15 Å². The molecule has 1 fully saturated rings. The number of hydrogen-bond acceptors (Lipinski definition) is 6. The molecule has 2 aliphatic rings. The molecular formula is C24H22N2O6. The first-order valence-electron chi connectivity index (χ1n) is 10.6. The second-order valence-corrected chi connectivity index (χ2v) is 8.45. The number of fused-ring (bicyclic) bond motifs is 2. The van der Waals surface area contributed by atoms with Gasteiger partial charge in [0.15, 0.2) is 5.43 Å². The Bertz CT molecular complexity index is 1300. The van der Waals surface area contributed by atoms with Gasteiger partial charge in [-0.15, -0.1) is 0 Å². The summed E-state index contributed by atoms with van der Waals surface area (Å²) >= 11 is 0. The van der Waals surface area contributed by atoms with E-state index in [-0.39, 0.29) is 34.5 Å². The van der Waals surface area contributed by atoms with E-state index in [2.05, 4.69) is 0 Å². The van der Waals surface area contributed by atoms with Crippen molar-refractivity contribution in [3.05, 3.63) is 84.7 Å². The fourth-order valence-corrected chi connectivity index (χ4v) is 4.60. The quantitative estimate of drug-likeness (QED) is 0.453. The SMILES string of the molecule is Cc1cc2oc3c(c(=O)c2cc1C)C(c1ccc([N+](=O)[O-])cc1)N(CC1CCCO1)C3=O. The number of nitrogens with zero attached hydrogens (tertiary/aromatic N) is 2. The zero-order valence-corrected chi connectivity index (χ0v) is 17.8. The number of rotatable bonds is 4. The summed E-state index contributed by atoms with van der Waals surface area (Å²) in [7, 11) is 0. The van der Waals surface area contributed by atoms with Crippen LogP contribution in [0.25, 0.3) is 11.0 Å². The van der Waals surface area contributed by atoms with Gasteiger partial charge >= 0.3 is 0 Å². The highest BCUT2D eigenvalue weighted by atomic mass is 16.6. The van der Waals surface area contributed by atoms with Gasteiger partial charge in [0.2, 0.25) is 5.76 Å². The zero-order chi connectivity index (χ0) is 22.6. The van der Waals surface area contributed by atoms with E-state index in [0.29, 0.717) is 29.7 Å². The molecule has 0 saturated carbocycles. The highest BCUT2D eigenvalue weighted by Gasteiger charge is 2.44. The fourth-order valence-electron chi connectivity index (χ4n) is 4.60. The van der Waals surface area contributed by atoms with Crippen molar-refractivity contribution in [3.8, 4) is 0 Å². The Morgan fingerprint density at radius 3 is 2.50 bits per heavy atom. The molecule has 2 aromatic carbocycles. The molecule has 0 N–H and O–H groups in total. The Hall–Kier alpha value is -3.52. The molecule has 0 aliphatic carbocycles. The Labute approximate surface area is 183 Å². The van der Waals surface area contributed by atoms with E-state index < -0.39 is 11.0 Å². The summed E-state index contributed by atoms with van der Waals surface area (Å²) in [6.07, 6.45) is 1.62. The lowest BCUT2D eigenvalue weighted by atomic mass is 9.97. The second kappa shape index (κ2) is 7.56. The van der Waals surface area contributed by atoms with Crippen molar-refractivity contribution >= 4 is 22.6 Å². The predicted octanol–water partition coefficient (Wildman–Crippen LogP) is 4.04. The molecule has 2 unspecified atom stereocenters. The Balaban J connectivity index is 1.70. The van der Waals surface area contributed by atoms with Crippen molar-refractivity contribution in [2.24, 2.45) is 0 Å². The molecule has 164 valence electrons. The van der Waals surface area contributed by atoms with Crippen LogP contribution in [-0.2, 0) is 4.74 Å². The van der Waals surface area contributed by atoms with E-state index in [0.717, 1.165) is 24.0 Å². The molecule has 3 aromatic rings. The molecule has 0 radical (unpaired) electrons. The normalized spacial score (nSPS) is 20.2. The number of benzene rings is 2. The standard InChI is InChI=1S/C24H22N2O6/c1-13-10-18-19(11-14(13)2)32-23-20(22(18)27)21(15-5-7-16(8-6-15)26(29)30)25(24(23)28)12-17-4-3-9-31-17/h5-8,10-11,17,21H,3-4,9,12H2,1-2H3. The molecule has 8 heteroatoms. The average molecular weight is 434 g/mol. The molecule has 2 atom stereocenters. The topological polar surface area (TPSA) is 103 Å². The van der Waals surface area contributed by atoms with Gasteiger partial charge in [0.05, 0.1) is 28.0 Å². The maximum absolute atomic E-state index is 13.6. The largest absolute Gasteiger partial charge is 0.450 e. The Morgan fingerprint density at radius 2 is 1.84 bits per heavy atom. The summed E-state index contributed by atoms with van der Waals surface area (Å²) in [5.74, 6) is -0.330. The van der Waals surface area contributed by atoms with Gasteiger partial charge in [0.25, 0.3) is 11.6 Å². The number of carbonyl (C=O) groups excluding carboxylic acids is 1. The first-order valence-corrected chi connectivity index (χ1v) is 10.6. The highest BCUT2D eigenvalue weighted by molar-refractivity contribution is 5.99. The third-order valence-corrected chi connectivity index (χ3v) is 6.43. The minimum absolute atomic E-state index is 0.0344. The van der Waals surface area contributed by atoms with Gasteiger partial charge in [0.1, 0.15) is 5.58 Å². The number of non-ortho nitro benzene ring substituents is 1. The number of nitro benzene ring substituents is 1. The lowest BCUT2D eigenvalue weighted by molar-refractivity contribution is -0.384. The maximum atomic E-state index is 13.6. The van der Waals surface area contributed by atoms with Crippen LogP contribution < -0.4 is 5.43 Å². The van der Waals surface area contributed by atoms with Crippen molar-refractivity contribution in [2.75, 3.05) is 13.2 Å². The molecule has 8 nitrogen and oxygen atoms in total. The first kappa shape index (κ1) is 20.4. The molecule has 0 bridgehead atoms. The van der Waals surface area contributed by atoms with Crippen molar-refractivity contribution in [2.45, 2.75) is 38.8 Å². The zero-order valence-electron chi connectivity index (χ0n) is 17.8. The summed E-state index contributed by atoms with van der Waals surface area (Å²) in [5, 5.41) is 11.5. The third-order valence-electron chi connectivity index (χ3n) is 6.43. The van der Waals surface area contributed by atoms with Crippen LogP contribution in [0.4, 0.5) is 5.69 Å². The summed E-state index contributed by atoms with van der Waals surface area (Å²) in [6.45, 7) is 4.80. The van der Waals surface area contributed by atoms with E-state index in [1.54, 1.807) is 29.2 Å². The van der Waals surface area contributed by atoms with Crippen LogP contribution in [0, 0.1) is 24.0 Å². The van der Waals surface area contributed by atoms with Gasteiger partial charge in [-0.2, -0.15) is 0 Å². The third kappa shape index (κ3) is 3.18.